The number of hydrogen-bond donors (Lipinski definition) is 1. The van der Waals surface area contributed by atoms with Crippen LogP contribution in [-0.4, -0.2) is 11.2 Å². The number of aliphatic hydroxyl groups excluding tert-OH is 1. The van der Waals surface area contributed by atoms with Gasteiger partial charge in [0.25, 0.3) is 0 Å². The van der Waals surface area contributed by atoms with Crippen LogP contribution in [0.5, 0.6) is 5.75 Å². The normalized spacial score (nSPS) is 13.8. The van der Waals surface area contributed by atoms with Crippen LogP contribution in [0.15, 0.2) is 42.5 Å². The van der Waals surface area contributed by atoms with Crippen LogP contribution in [0, 0.1) is 20.8 Å². The first kappa shape index (κ1) is 14.6. The lowest BCUT2D eigenvalue weighted by Gasteiger charge is -2.21. The second kappa shape index (κ2) is 6.10. The van der Waals surface area contributed by atoms with Gasteiger partial charge in [-0.1, -0.05) is 35.9 Å². The second-order valence-corrected chi connectivity index (χ2v) is 5.42. The lowest BCUT2D eigenvalue weighted by Crippen LogP contribution is -2.21. The fourth-order valence-electron chi connectivity index (χ4n) is 2.10. The van der Waals surface area contributed by atoms with Gasteiger partial charge in [-0.3, -0.25) is 0 Å². The summed E-state index contributed by atoms with van der Waals surface area (Å²) >= 11 is 0. The Morgan fingerprint density at radius 3 is 2.15 bits per heavy atom. The highest BCUT2D eigenvalue weighted by Gasteiger charge is 2.18. The van der Waals surface area contributed by atoms with Crippen molar-refractivity contribution in [2.24, 2.45) is 0 Å². The SMILES string of the molecule is Cc1ccc(C(O)C(C)Oc2ccc(C)c(C)c2)cc1. The second-order valence-electron chi connectivity index (χ2n) is 5.42. The van der Waals surface area contributed by atoms with Crippen LogP contribution >= 0.6 is 0 Å². The van der Waals surface area contributed by atoms with Gasteiger partial charge in [-0.25, -0.2) is 0 Å². The third-order valence-corrected chi connectivity index (χ3v) is 3.66. The molecule has 1 N–H and O–H groups in total. The van der Waals surface area contributed by atoms with E-state index in [9.17, 15) is 5.11 Å². The molecule has 2 unspecified atom stereocenters. The predicted octanol–water partition coefficient (Wildman–Crippen LogP) is 4.11. The van der Waals surface area contributed by atoms with Crippen molar-refractivity contribution in [2.45, 2.75) is 39.9 Å². The zero-order valence-electron chi connectivity index (χ0n) is 12.6. The van der Waals surface area contributed by atoms with Crippen LogP contribution in [-0.2, 0) is 0 Å². The van der Waals surface area contributed by atoms with Gasteiger partial charge in [0.1, 0.15) is 18.0 Å². The van der Waals surface area contributed by atoms with Crippen molar-refractivity contribution >= 4 is 0 Å². The Morgan fingerprint density at radius 2 is 1.55 bits per heavy atom. The first-order valence-corrected chi connectivity index (χ1v) is 6.96. The molecule has 0 saturated heterocycles. The average molecular weight is 270 g/mol. The molecule has 0 saturated carbocycles. The molecule has 0 aromatic heterocycles. The van der Waals surface area contributed by atoms with Crippen molar-refractivity contribution in [3.05, 3.63) is 64.7 Å². The molecule has 106 valence electrons. The van der Waals surface area contributed by atoms with E-state index in [-0.39, 0.29) is 6.10 Å². The van der Waals surface area contributed by atoms with Crippen LogP contribution in [0.4, 0.5) is 0 Å². The molecule has 2 aromatic carbocycles. The van der Waals surface area contributed by atoms with Gasteiger partial charge in [0, 0.05) is 0 Å². The minimum absolute atomic E-state index is 0.292. The molecule has 0 spiro atoms. The maximum Gasteiger partial charge on any atom is 0.126 e. The first-order chi connectivity index (χ1) is 9.47. The van der Waals surface area contributed by atoms with Crippen molar-refractivity contribution in [1.82, 2.24) is 0 Å². The Morgan fingerprint density at radius 1 is 0.900 bits per heavy atom. The topological polar surface area (TPSA) is 29.5 Å². The van der Waals surface area contributed by atoms with Crippen molar-refractivity contribution in [3.8, 4) is 5.75 Å². The Hall–Kier alpha value is -1.80. The van der Waals surface area contributed by atoms with Gasteiger partial charge >= 0.3 is 0 Å². The molecule has 20 heavy (non-hydrogen) atoms. The molecule has 2 rings (SSSR count). The lowest BCUT2D eigenvalue weighted by atomic mass is 10.0. The van der Waals surface area contributed by atoms with Gasteiger partial charge in [0.15, 0.2) is 0 Å². The molecule has 0 aliphatic carbocycles. The van der Waals surface area contributed by atoms with Crippen molar-refractivity contribution in [2.75, 3.05) is 0 Å². The Balaban J connectivity index is 2.08. The van der Waals surface area contributed by atoms with Crippen LogP contribution in [0.3, 0.4) is 0 Å². The highest BCUT2D eigenvalue weighted by molar-refractivity contribution is 5.34. The highest BCUT2D eigenvalue weighted by atomic mass is 16.5. The van der Waals surface area contributed by atoms with E-state index in [1.54, 1.807) is 0 Å². The summed E-state index contributed by atoms with van der Waals surface area (Å²) in [5, 5.41) is 10.3. The van der Waals surface area contributed by atoms with E-state index in [2.05, 4.69) is 13.8 Å². The number of aliphatic hydroxyl groups is 1. The number of benzene rings is 2. The predicted molar refractivity (Wildman–Crippen MR) is 82.1 cm³/mol. The molecule has 0 bridgehead atoms. The number of hydrogen-bond acceptors (Lipinski definition) is 2. The highest BCUT2D eigenvalue weighted by Crippen LogP contribution is 2.23. The molecule has 0 fully saturated rings. The molecule has 0 aliphatic heterocycles. The molecule has 2 nitrogen and oxygen atoms in total. The smallest absolute Gasteiger partial charge is 0.126 e. The van der Waals surface area contributed by atoms with E-state index >= 15 is 0 Å². The van der Waals surface area contributed by atoms with E-state index in [1.807, 2.05) is 56.3 Å². The molecular weight excluding hydrogens is 248 g/mol. The molecule has 0 heterocycles. The fraction of sp³-hybridized carbons (Fsp3) is 0.333. The Kier molecular flexibility index (Phi) is 4.46. The maximum atomic E-state index is 10.3. The molecule has 2 heteroatoms. The summed E-state index contributed by atoms with van der Waals surface area (Å²) in [6.45, 7) is 8.05. The molecule has 0 radical (unpaired) electrons. The minimum atomic E-state index is -0.628. The van der Waals surface area contributed by atoms with Gasteiger partial charge in [-0.05, 0) is 56.5 Å². The van der Waals surface area contributed by atoms with E-state index in [0.717, 1.165) is 11.3 Å². The van der Waals surface area contributed by atoms with Crippen LogP contribution in [0.2, 0.25) is 0 Å². The van der Waals surface area contributed by atoms with Crippen molar-refractivity contribution in [3.63, 3.8) is 0 Å². The lowest BCUT2D eigenvalue weighted by molar-refractivity contribution is 0.0467. The molecule has 0 amide bonds. The summed E-state index contributed by atoms with van der Waals surface area (Å²) in [6, 6.07) is 13.9. The molecular formula is C18H22O2. The number of rotatable bonds is 4. The van der Waals surface area contributed by atoms with Crippen LogP contribution in [0.1, 0.15) is 35.3 Å². The summed E-state index contributed by atoms with van der Waals surface area (Å²) in [7, 11) is 0. The monoisotopic (exact) mass is 270 g/mol. The Bertz CT molecular complexity index is 572. The summed E-state index contributed by atoms with van der Waals surface area (Å²) in [5.41, 5.74) is 4.50. The van der Waals surface area contributed by atoms with Gasteiger partial charge < -0.3 is 9.84 Å². The number of ether oxygens (including phenoxy) is 1. The van der Waals surface area contributed by atoms with Crippen LogP contribution in [0.25, 0.3) is 0 Å². The standard InChI is InChI=1S/C18H22O2/c1-12-5-8-16(9-6-12)18(19)15(4)20-17-10-7-13(2)14(3)11-17/h5-11,15,18-19H,1-4H3. The maximum absolute atomic E-state index is 10.3. The molecule has 0 aliphatic rings. The van der Waals surface area contributed by atoms with E-state index in [4.69, 9.17) is 4.74 Å². The largest absolute Gasteiger partial charge is 0.488 e. The van der Waals surface area contributed by atoms with Gasteiger partial charge in [0.05, 0.1) is 0 Å². The van der Waals surface area contributed by atoms with E-state index in [0.29, 0.717) is 0 Å². The van der Waals surface area contributed by atoms with Crippen molar-refractivity contribution < 1.29 is 9.84 Å². The minimum Gasteiger partial charge on any atom is -0.488 e. The summed E-state index contributed by atoms with van der Waals surface area (Å²) in [5.74, 6) is 0.798. The van der Waals surface area contributed by atoms with Crippen LogP contribution < -0.4 is 4.74 Å². The summed E-state index contributed by atoms with van der Waals surface area (Å²) in [6.07, 6.45) is -0.919. The van der Waals surface area contributed by atoms with E-state index in [1.165, 1.54) is 16.7 Å². The average Bonchev–Trinajstić information content (AvgIpc) is 2.43. The zero-order chi connectivity index (χ0) is 14.7. The zero-order valence-corrected chi connectivity index (χ0v) is 12.6. The van der Waals surface area contributed by atoms with Crippen molar-refractivity contribution in [1.29, 1.82) is 0 Å². The third kappa shape index (κ3) is 3.40. The summed E-state index contributed by atoms with van der Waals surface area (Å²) < 4.78 is 5.85. The summed E-state index contributed by atoms with van der Waals surface area (Å²) in [4.78, 5) is 0. The Labute approximate surface area is 121 Å². The van der Waals surface area contributed by atoms with Gasteiger partial charge in [-0.15, -0.1) is 0 Å². The fourth-order valence-corrected chi connectivity index (χ4v) is 2.10. The molecule has 2 atom stereocenters. The van der Waals surface area contributed by atoms with Gasteiger partial charge in [-0.2, -0.15) is 0 Å². The molecule has 2 aromatic rings. The van der Waals surface area contributed by atoms with E-state index < -0.39 is 6.10 Å². The first-order valence-electron chi connectivity index (χ1n) is 6.96. The third-order valence-electron chi connectivity index (χ3n) is 3.66. The quantitative estimate of drug-likeness (QED) is 0.905. The number of aryl methyl sites for hydroxylation is 3. The van der Waals surface area contributed by atoms with Gasteiger partial charge in [0.2, 0.25) is 0 Å².